The Bertz CT molecular complexity index is 758. The van der Waals surface area contributed by atoms with Crippen molar-refractivity contribution in [2.45, 2.75) is 31.7 Å². The molecule has 1 aliphatic carbocycles. The molecule has 0 fully saturated rings. The average molecular weight is 291 g/mol. The number of fused-ring (bicyclic) bond motifs is 3. The summed E-state index contributed by atoms with van der Waals surface area (Å²) >= 11 is 0. The Morgan fingerprint density at radius 3 is 2.73 bits per heavy atom. The van der Waals surface area contributed by atoms with E-state index in [1.807, 2.05) is 0 Å². The van der Waals surface area contributed by atoms with Gasteiger partial charge < -0.3 is 10.3 Å². The molecule has 0 bridgehead atoms. The molecule has 1 aromatic heterocycles. The molecule has 0 aliphatic heterocycles. The quantitative estimate of drug-likeness (QED) is 0.739. The van der Waals surface area contributed by atoms with Crippen molar-refractivity contribution in [3.05, 3.63) is 71.4 Å². The second-order valence-corrected chi connectivity index (χ2v) is 6.32. The Hall–Kier alpha value is -2.06. The molecule has 1 aliphatic rings. The van der Waals surface area contributed by atoms with Gasteiger partial charge in [-0.1, -0.05) is 48.5 Å². The van der Waals surface area contributed by atoms with Gasteiger partial charge in [0.1, 0.15) is 6.04 Å². The summed E-state index contributed by atoms with van der Waals surface area (Å²) in [5, 5.41) is 3.96. The predicted octanol–water partition coefficient (Wildman–Crippen LogP) is 3.35. The molecular weight excluding hydrogens is 268 g/mol. The number of quaternary nitrogens is 1. The zero-order chi connectivity index (χ0) is 14.8. The molecule has 0 saturated carbocycles. The maximum atomic E-state index is 3.68. The van der Waals surface area contributed by atoms with Gasteiger partial charge in [0.05, 0.1) is 12.2 Å². The first-order chi connectivity index (χ1) is 10.9. The summed E-state index contributed by atoms with van der Waals surface area (Å²) in [5.41, 5.74) is 5.77. The van der Waals surface area contributed by atoms with Crippen molar-refractivity contribution in [1.29, 1.82) is 0 Å². The van der Waals surface area contributed by atoms with E-state index in [0.717, 1.165) is 13.0 Å². The van der Waals surface area contributed by atoms with Gasteiger partial charge in [-0.05, 0) is 30.0 Å². The summed E-state index contributed by atoms with van der Waals surface area (Å²) in [6.07, 6.45) is 4.96. The van der Waals surface area contributed by atoms with E-state index in [4.69, 9.17) is 0 Å². The van der Waals surface area contributed by atoms with E-state index < -0.39 is 0 Å². The lowest BCUT2D eigenvalue weighted by Crippen LogP contribution is -2.86. The zero-order valence-electron chi connectivity index (χ0n) is 12.9. The van der Waals surface area contributed by atoms with Gasteiger partial charge in [0.2, 0.25) is 0 Å². The summed E-state index contributed by atoms with van der Waals surface area (Å²) in [4.78, 5) is 3.68. The topological polar surface area (TPSA) is 32.4 Å². The van der Waals surface area contributed by atoms with Crippen LogP contribution in [-0.2, 0) is 12.8 Å². The first-order valence-electron chi connectivity index (χ1n) is 8.38. The van der Waals surface area contributed by atoms with E-state index in [1.165, 1.54) is 41.4 Å². The zero-order valence-corrected chi connectivity index (χ0v) is 12.9. The van der Waals surface area contributed by atoms with Crippen LogP contribution < -0.4 is 5.32 Å². The number of nitrogens with one attached hydrogen (secondary N) is 1. The molecule has 1 atom stereocenters. The Labute approximate surface area is 131 Å². The lowest BCUT2D eigenvalue weighted by molar-refractivity contribution is -0.697. The van der Waals surface area contributed by atoms with E-state index >= 15 is 0 Å². The second-order valence-electron chi connectivity index (χ2n) is 6.32. The van der Waals surface area contributed by atoms with Crippen molar-refractivity contribution in [2.75, 3.05) is 6.54 Å². The molecule has 3 N–H and O–H groups in total. The fourth-order valence-corrected chi connectivity index (χ4v) is 3.78. The molecule has 4 rings (SSSR count). The summed E-state index contributed by atoms with van der Waals surface area (Å²) < 4.78 is 0. The summed E-state index contributed by atoms with van der Waals surface area (Å²) in [6, 6.07) is 20.1. The maximum Gasteiger partial charge on any atom is 0.127 e. The Balaban J connectivity index is 1.50. The number of hydrogen-bond donors (Lipinski definition) is 2. The van der Waals surface area contributed by atoms with Crippen LogP contribution in [0, 0.1) is 0 Å². The third-order valence-corrected chi connectivity index (χ3v) is 4.89. The molecule has 2 aromatic carbocycles. The molecule has 1 heterocycles. The number of H-pyrrole nitrogens is 1. The Morgan fingerprint density at radius 2 is 1.82 bits per heavy atom. The number of benzene rings is 2. The summed E-state index contributed by atoms with van der Waals surface area (Å²) in [6.45, 7) is 1.16. The van der Waals surface area contributed by atoms with E-state index in [1.54, 1.807) is 5.56 Å². The standard InChI is InChI=1S/C20H22N2/c1-2-7-15(8-3-1)13-14-21-19-12-6-10-17-16-9-4-5-11-18(16)22-20(17)19/h1-5,7-9,11,19,21-22H,6,10,12-14H2/p+1/t19-/m0/s1. The highest BCUT2D eigenvalue weighted by Crippen LogP contribution is 2.32. The van der Waals surface area contributed by atoms with Crippen molar-refractivity contribution >= 4 is 10.9 Å². The van der Waals surface area contributed by atoms with Gasteiger partial charge in [0, 0.05) is 23.7 Å². The van der Waals surface area contributed by atoms with Crippen LogP contribution in [0.1, 0.15) is 35.7 Å². The number of nitrogens with two attached hydrogens (primary N) is 1. The molecule has 0 saturated heterocycles. The summed E-state index contributed by atoms with van der Waals surface area (Å²) in [5.74, 6) is 0. The van der Waals surface area contributed by atoms with Crippen LogP contribution in [0.2, 0.25) is 0 Å². The van der Waals surface area contributed by atoms with Gasteiger partial charge in [-0.25, -0.2) is 0 Å². The van der Waals surface area contributed by atoms with Crippen LogP contribution in [0.15, 0.2) is 54.6 Å². The van der Waals surface area contributed by atoms with Crippen LogP contribution >= 0.6 is 0 Å². The number of aryl methyl sites for hydroxylation is 1. The molecule has 0 spiro atoms. The molecule has 0 radical (unpaired) electrons. The number of rotatable bonds is 4. The van der Waals surface area contributed by atoms with Crippen molar-refractivity contribution in [1.82, 2.24) is 4.98 Å². The van der Waals surface area contributed by atoms with Crippen LogP contribution in [0.25, 0.3) is 10.9 Å². The third kappa shape index (κ3) is 2.55. The summed E-state index contributed by atoms with van der Waals surface area (Å²) in [7, 11) is 0. The average Bonchev–Trinajstić information content (AvgIpc) is 2.96. The van der Waals surface area contributed by atoms with Crippen LogP contribution in [0.4, 0.5) is 0 Å². The van der Waals surface area contributed by atoms with E-state index in [-0.39, 0.29) is 0 Å². The van der Waals surface area contributed by atoms with E-state index in [0.29, 0.717) is 6.04 Å². The third-order valence-electron chi connectivity index (χ3n) is 4.89. The largest absolute Gasteiger partial charge is 0.353 e. The minimum atomic E-state index is 0.597. The molecule has 2 heteroatoms. The minimum Gasteiger partial charge on any atom is -0.353 e. The highest BCUT2D eigenvalue weighted by molar-refractivity contribution is 5.84. The van der Waals surface area contributed by atoms with Gasteiger partial charge in [-0.2, -0.15) is 0 Å². The molecule has 22 heavy (non-hydrogen) atoms. The molecular formula is C20H23N2+. The van der Waals surface area contributed by atoms with Crippen LogP contribution in [0.5, 0.6) is 0 Å². The van der Waals surface area contributed by atoms with E-state index in [2.05, 4.69) is 64.9 Å². The van der Waals surface area contributed by atoms with Gasteiger partial charge >= 0.3 is 0 Å². The molecule has 2 nitrogen and oxygen atoms in total. The van der Waals surface area contributed by atoms with Gasteiger partial charge in [0.15, 0.2) is 0 Å². The fraction of sp³-hybridized carbons (Fsp3) is 0.300. The van der Waals surface area contributed by atoms with Crippen molar-refractivity contribution in [2.24, 2.45) is 0 Å². The van der Waals surface area contributed by atoms with Crippen molar-refractivity contribution < 1.29 is 5.32 Å². The number of aromatic amines is 1. The van der Waals surface area contributed by atoms with E-state index in [9.17, 15) is 0 Å². The highest BCUT2D eigenvalue weighted by atomic mass is 14.9. The van der Waals surface area contributed by atoms with Crippen LogP contribution in [-0.4, -0.2) is 11.5 Å². The second kappa shape index (κ2) is 5.98. The van der Waals surface area contributed by atoms with Crippen molar-refractivity contribution in [3.63, 3.8) is 0 Å². The molecule has 0 unspecified atom stereocenters. The minimum absolute atomic E-state index is 0.597. The maximum absolute atomic E-state index is 3.68. The highest BCUT2D eigenvalue weighted by Gasteiger charge is 2.26. The lowest BCUT2D eigenvalue weighted by atomic mass is 9.91. The number of aromatic nitrogens is 1. The first-order valence-corrected chi connectivity index (χ1v) is 8.38. The van der Waals surface area contributed by atoms with Crippen LogP contribution in [0.3, 0.4) is 0 Å². The normalized spacial score (nSPS) is 17.5. The number of para-hydroxylation sites is 1. The SMILES string of the molecule is c1ccc(CC[NH2+][C@H]2CCCc3c2[nH]c2ccccc32)cc1. The Morgan fingerprint density at radius 1 is 1.00 bits per heavy atom. The monoisotopic (exact) mass is 291 g/mol. The smallest absolute Gasteiger partial charge is 0.127 e. The van der Waals surface area contributed by atoms with Gasteiger partial charge in [-0.3, -0.25) is 0 Å². The lowest BCUT2D eigenvalue weighted by Gasteiger charge is -2.21. The predicted molar refractivity (Wildman–Crippen MR) is 90.9 cm³/mol. The fourth-order valence-electron chi connectivity index (χ4n) is 3.78. The van der Waals surface area contributed by atoms with Gasteiger partial charge in [-0.15, -0.1) is 0 Å². The number of hydrogen-bond acceptors (Lipinski definition) is 0. The molecule has 3 aromatic rings. The Kier molecular flexibility index (Phi) is 3.69. The van der Waals surface area contributed by atoms with Gasteiger partial charge in [0.25, 0.3) is 0 Å². The molecule has 112 valence electrons. The first kappa shape index (κ1) is 13.6. The van der Waals surface area contributed by atoms with Crippen molar-refractivity contribution in [3.8, 4) is 0 Å². The molecule has 0 amide bonds.